The average molecular weight is 392 g/mol. The van der Waals surface area contributed by atoms with Crippen molar-refractivity contribution < 1.29 is 13.9 Å². The maximum absolute atomic E-state index is 14.0. The highest BCUT2D eigenvalue weighted by Crippen LogP contribution is 2.30. The number of halogens is 2. The number of amides is 2. The van der Waals surface area contributed by atoms with Crippen molar-refractivity contribution in [2.45, 2.75) is 13.0 Å². The molecular formula is C16H15ClFN7O2. The van der Waals surface area contributed by atoms with E-state index in [1.165, 1.54) is 24.2 Å². The predicted molar refractivity (Wildman–Crippen MR) is 95.5 cm³/mol. The van der Waals surface area contributed by atoms with Gasteiger partial charge in [-0.1, -0.05) is 11.6 Å². The van der Waals surface area contributed by atoms with Crippen LogP contribution in [0.3, 0.4) is 0 Å². The third kappa shape index (κ3) is 4.11. The fourth-order valence-electron chi connectivity index (χ4n) is 2.30. The second kappa shape index (κ2) is 7.96. The lowest BCUT2D eigenvalue weighted by atomic mass is 10.3. The molecule has 3 rings (SSSR count). The van der Waals surface area contributed by atoms with Crippen molar-refractivity contribution in [3.63, 3.8) is 0 Å². The molecular weight excluding hydrogens is 377 g/mol. The Bertz CT molecular complexity index is 951. The van der Waals surface area contributed by atoms with Crippen LogP contribution in [0, 0.1) is 5.82 Å². The van der Waals surface area contributed by atoms with Crippen molar-refractivity contribution in [2.75, 3.05) is 12.4 Å². The Morgan fingerprint density at radius 2 is 2.04 bits per heavy atom. The minimum absolute atomic E-state index is 0.0752. The maximum Gasteiger partial charge on any atom is 0.319 e. The fourth-order valence-corrected chi connectivity index (χ4v) is 2.53. The van der Waals surface area contributed by atoms with Gasteiger partial charge in [-0.15, -0.1) is 0 Å². The quantitative estimate of drug-likeness (QED) is 0.692. The van der Waals surface area contributed by atoms with E-state index in [1.54, 1.807) is 25.4 Å². The summed E-state index contributed by atoms with van der Waals surface area (Å²) in [6, 6.07) is 2.82. The number of aromatic nitrogens is 5. The molecule has 0 aliphatic rings. The molecule has 2 aromatic heterocycles. The molecule has 1 atom stereocenters. The number of urea groups is 1. The Labute approximate surface area is 158 Å². The van der Waals surface area contributed by atoms with Crippen LogP contribution in [0.1, 0.15) is 18.8 Å². The van der Waals surface area contributed by atoms with Crippen molar-refractivity contribution in [3.8, 4) is 11.7 Å². The molecule has 0 saturated carbocycles. The third-order valence-electron chi connectivity index (χ3n) is 3.54. The van der Waals surface area contributed by atoms with E-state index < -0.39 is 17.9 Å². The van der Waals surface area contributed by atoms with Crippen molar-refractivity contribution in [1.82, 2.24) is 30.0 Å². The Balaban J connectivity index is 1.73. The highest BCUT2D eigenvalue weighted by molar-refractivity contribution is 6.32. The van der Waals surface area contributed by atoms with Gasteiger partial charge >= 0.3 is 6.03 Å². The van der Waals surface area contributed by atoms with E-state index in [1.807, 2.05) is 0 Å². The van der Waals surface area contributed by atoms with Gasteiger partial charge in [0.1, 0.15) is 17.9 Å². The molecule has 11 heteroatoms. The molecule has 0 aliphatic heterocycles. The molecule has 2 heterocycles. The van der Waals surface area contributed by atoms with E-state index in [0.717, 1.165) is 6.07 Å². The SMILES string of the molecule is COc1cc(NC(=O)NC(C)c2ncnn2-c2ncccn2)c(F)cc1Cl. The molecule has 27 heavy (non-hydrogen) atoms. The Kier molecular flexibility index (Phi) is 5.46. The molecule has 2 amide bonds. The maximum atomic E-state index is 14.0. The van der Waals surface area contributed by atoms with E-state index >= 15 is 0 Å². The predicted octanol–water partition coefficient (Wildman–Crippen LogP) is 2.74. The van der Waals surface area contributed by atoms with Crippen LogP contribution in [0.4, 0.5) is 14.9 Å². The lowest BCUT2D eigenvalue weighted by Crippen LogP contribution is -2.33. The smallest absolute Gasteiger partial charge is 0.319 e. The summed E-state index contributed by atoms with van der Waals surface area (Å²) in [6.07, 6.45) is 4.45. The number of nitrogens with one attached hydrogen (secondary N) is 2. The molecule has 9 nitrogen and oxygen atoms in total. The molecule has 0 spiro atoms. The van der Waals surface area contributed by atoms with Crippen LogP contribution in [-0.2, 0) is 0 Å². The van der Waals surface area contributed by atoms with Crippen LogP contribution in [0.25, 0.3) is 5.95 Å². The highest BCUT2D eigenvalue weighted by atomic mass is 35.5. The number of hydrogen-bond donors (Lipinski definition) is 2. The number of ether oxygens (including phenoxy) is 1. The van der Waals surface area contributed by atoms with Gasteiger partial charge in [-0.25, -0.2) is 24.1 Å². The largest absolute Gasteiger partial charge is 0.495 e. The Hall–Kier alpha value is -3.27. The second-order valence-corrected chi connectivity index (χ2v) is 5.77. The summed E-state index contributed by atoms with van der Waals surface area (Å²) in [5.74, 6) is 0.268. The molecule has 0 radical (unpaired) electrons. The highest BCUT2D eigenvalue weighted by Gasteiger charge is 2.19. The number of nitrogens with zero attached hydrogens (tertiary/aromatic N) is 5. The van der Waals surface area contributed by atoms with Gasteiger partial charge in [0, 0.05) is 18.5 Å². The fraction of sp³-hybridized carbons (Fsp3) is 0.188. The lowest BCUT2D eigenvalue weighted by Gasteiger charge is -2.15. The lowest BCUT2D eigenvalue weighted by molar-refractivity contribution is 0.248. The van der Waals surface area contributed by atoms with Crippen molar-refractivity contribution in [1.29, 1.82) is 0 Å². The Morgan fingerprint density at radius 3 is 2.74 bits per heavy atom. The molecule has 3 aromatic rings. The summed E-state index contributed by atoms with van der Waals surface area (Å²) in [5.41, 5.74) is -0.0752. The topological polar surface area (TPSA) is 107 Å². The number of hydrogen-bond acceptors (Lipinski definition) is 6. The molecule has 140 valence electrons. The Morgan fingerprint density at radius 1 is 1.30 bits per heavy atom. The summed E-state index contributed by atoms with van der Waals surface area (Å²) < 4.78 is 20.4. The van der Waals surface area contributed by atoms with Gasteiger partial charge in [0.15, 0.2) is 5.82 Å². The third-order valence-corrected chi connectivity index (χ3v) is 3.84. The van der Waals surface area contributed by atoms with Gasteiger partial charge in [0.25, 0.3) is 5.95 Å². The molecule has 0 bridgehead atoms. The summed E-state index contributed by atoms with van der Waals surface area (Å²) >= 11 is 5.84. The van der Waals surface area contributed by atoms with Crippen molar-refractivity contribution in [2.24, 2.45) is 0 Å². The van der Waals surface area contributed by atoms with Gasteiger partial charge in [-0.05, 0) is 19.1 Å². The minimum Gasteiger partial charge on any atom is -0.495 e. The van der Waals surface area contributed by atoms with E-state index in [2.05, 4.69) is 30.7 Å². The summed E-state index contributed by atoms with van der Waals surface area (Å²) in [6.45, 7) is 1.70. The van der Waals surface area contributed by atoms with E-state index in [-0.39, 0.29) is 16.5 Å². The zero-order valence-corrected chi connectivity index (χ0v) is 15.1. The first-order chi connectivity index (χ1) is 13.0. The number of carbonyl (C=O) groups excluding carboxylic acids is 1. The molecule has 0 aliphatic carbocycles. The van der Waals surface area contributed by atoms with E-state index in [9.17, 15) is 9.18 Å². The van der Waals surface area contributed by atoms with Gasteiger partial charge in [-0.3, -0.25) is 0 Å². The first-order valence-corrected chi connectivity index (χ1v) is 8.15. The van der Waals surface area contributed by atoms with Gasteiger partial charge in [0.05, 0.1) is 23.9 Å². The van der Waals surface area contributed by atoms with Crippen molar-refractivity contribution >= 4 is 23.3 Å². The molecule has 2 N–H and O–H groups in total. The van der Waals surface area contributed by atoms with Crippen molar-refractivity contribution in [3.05, 3.63) is 53.6 Å². The molecule has 0 saturated heterocycles. The average Bonchev–Trinajstić information content (AvgIpc) is 3.14. The zero-order chi connectivity index (χ0) is 19.4. The van der Waals surface area contributed by atoms with Crippen LogP contribution in [-0.4, -0.2) is 37.9 Å². The van der Waals surface area contributed by atoms with Crippen LogP contribution in [0.15, 0.2) is 36.9 Å². The molecule has 1 unspecified atom stereocenters. The second-order valence-electron chi connectivity index (χ2n) is 5.37. The van der Waals surface area contributed by atoms with Crippen LogP contribution >= 0.6 is 11.6 Å². The van der Waals surface area contributed by atoms with Gasteiger partial charge in [0.2, 0.25) is 0 Å². The molecule has 1 aromatic carbocycles. The van der Waals surface area contributed by atoms with Crippen LogP contribution < -0.4 is 15.4 Å². The normalized spacial score (nSPS) is 11.7. The summed E-state index contributed by atoms with van der Waals surface area (Å²) in [5, 5.41) is 9.23. The number of benzene rings is 1. The zero-order valence-electron chi connectivity index (χ0n) is 14.3. The standard InChI is InChI=1S/C16H15ClFN7O2/c1-9(14-21-8-22-25(14)15-19-4-3-5-20-15)23-16(26)24-12-7-13(27-2)10(17)6-11(12)18/h3-9H,1-2H3,(H2,23,24,26). The van der Waals surface area contributed by atoms with E-state index in [4.69, 9.17) is 16.3 Å². The van der Waals surface area contributed by atoms with Crippen LogP contribution in [0.2, 0.25) is 5.02 Å². The van der Waals surface area contributed by atoms with E-state index in [0.29, 0.717) is 11.8 Å². The monoisotopic (exact) mass is 391 g/mol. The van der Waals surface area contributed by atoms with Gasteiger partial charge in [-0.2, -0.15) is 9.78 Å². The summed E-state index contributed by atoms with van der Waals surface area (Å²) in [4.78, 5) is 24.6. The first-order valence-electron chi connectivity index (χ1n) is 7.77. The number of anilines is 1. The minimum atomic E-state index is -0.690. The van der Waals surface area contributed by atoms with Crippen LogP contribution in [0.5, 0.6) is 5.75 Å². The number of methoxy groups -OCH3 is 1. The summed E-state index contributed by atoms with van der Waals surface area (Å²) in [7, 11) is 1.39. The van der Waals surface area contributed by atoms with Gasteiger partial charge < -0.3 is 15.4 Å². The number of rotatable bonds is 5. The first kappa shape index (κ1) is 18.5. The number of carbonyl (C=O) groups is 1. The molecule has 0 fully saturated rings.